The number of hydrogen-bond acceptors (Lipinski definition) is 4. The Hall–Kier alpha value is -2.66. The number of Topliss-reactive ketones (excluding diaryl/α,β-unsaturated/α-hetero) is 1. The lowest BCUT2D eigenvalue weighted by Gasteiger charge is -2.17. The van der Waals surface area contributed by atoms with Crippen molar-refractivity contribution in [3.05, 3.63) is 63.3 Å². The molecule has 3 aromatic rings. The van der Waals surface area contributed by atoms with E-state index in [-0.39, 0.29) is 24.5 Å². The summed E-state index contributed by atoms with van der Waals surface area (Å²) in [6, 6.07) is 14.0. The van der Waals surface area contributed by atoms with Gasteiger partial charge in [-0.2, -0.15) is 0 Å². The molecule has 2 aromatic carbocycles. The minimum Gasteiger partial charge on any atom is -0.497 e. The Labute approximate surface area is 169 Å². The summed E-state index contributed by atoms with van der Waals surface area (Å²) >= 11 is 1.62. The number of ketones is 1. The highest BCUT2D eigenvalue weighted by Gasteiger charge is 2.16. The van der Waals surface area contributed by atoms with Crippen molar-refractivity contribution in [3.8, 4) is 5.75 Å². The monoisotopic (exact) mass is 395 g/mol. The Balaban J connectivity index is 1.60. The van der Waals surface area contributed by atoms with Gasteiger partial charge in [-0.1, -0.05) is 18.2 Å². The summed E-state index contributed by atoms with van der Waals surface area (Å²) < 4.78 is 5.26. The van der Waals surface area contributed by atoms with Crippen molar-refractivity contribution in [1.29, 1.82) is 0 Å². The molecular weight excluding hydrogens is 370 g/mol. The molecule has 0 fully saturated rings. The molecule has 3 rings (SSSR count). The zero-order valence-corrected chi connectivity index (χ0v) is 17.6. The van der Waals surface area contributed by atoms with E-state index in [2.05, 4.69) is 6.07 Å². The van der Waals surface area contributed by atoms with Gasteiger partial charge in [0, 0.05) is 41.8 Å². The average Bonchev–Trinajstić information content (AvgIpc) is 3.03. The molecule has 0 N–H and O–H groups in total. The highest BCUT2D eigenvalue weighted by Crippen LogP contribution is 2.24. The number of thiophene rings is 1. The van der Waals surface area contributed by atoms with E-state index in [0.29, 0.717) is 6.54 Å². The molecule has 4 nitrogen and oxygen atoms in total. The Bertz CT molecular complexity index is 1020. The molecule has 0 spiro atoms. The molecule has 1 heterocycles. The van der Waals surface area contributed by atoms with E-state index in [4.69, 9.17) is 4.74 Å². The van der Waals surface area contributed by atoms with Gasteiger partial charge >= 0.3 is 0 Å². The van der Waals surface area contributed by atoms with Gasteiger partial charge in [-0.25, -0.2) is 0 Å². The lowest BCUT2D eigenvalue weighted by Crippen LogP contribution is -2.26. The first-order valence-electron chi connectivity index (χ1n) is 9.28. The van der Waals surface area contributed by atoms with Gasteiger partial charge < -0.3 is 9.64 Å². The highest BCUT2D eigenvalue weighted by molar-refractivity contribution is 7.12. The van der Waals surface area contributed by atoms with Gasteiger partial charge in [0.15, 0.2) is 5.78 Å². The summed E-state index contributed by atoms with van der Waals surface area (Å²) in [6.45, 7) is 4.47. The second-order valence-corrected chi connectivity index (χ2v) is 8.51. The third-order valence-corrected chi connectivity index (χ3v) is 5.83. The number of rotatable bonds is 7. The number of methoxy groups -OCH3 is 1. The lowest BCUT2D eigenvalue weighted by atomic mass is 10.1. The molecule has 5 heteroatoms. The third-order valence-electron chi connectivity index (χ3n) is 4.86. The largest absolute Gasteiger partial charge is 0.497 e. The number of carbonyl (C=O) groups excluding carboxylic acids is 2. The fourth-order valence-electron chi connectivity index (χ4n) is 3.31. The maximum absolute atomic E-state index is 12.5. The topological polar surface area (TPSA) is 46.6 Å². The summed E-state index contributed by atoms with van der Waals surface area (Å²) in [4.78, 5) is 28.7. The van der Waals surface area contributed by atoms with E-state index < -0.39 is 0 Å². The van der Waals surface area contributed by atoms with Crippen molar-refractivity contribution in [1.82, 2.24) is 4.90 Å². The summed E-state index contributed by atoms with van der Waals surface area (Å²) in [7, 11) is 3.44. The summed E-state index contributed by atoms with van der Waals surface area (Å²) in [5.74, 6) is 0.851. The molecule has 0 unspecified atom stereocenters. The van der Waals surface area contributed by atoms with Gasteiger partial charge in [0.1, 0.15) is 5.75 Å². The molecule has 0 saturated carbocycles. The van der Waals surface area contributed by atoms with Gasteiger partial charge in [-0.3, -0.25) is 9.59 Å². The summed E-state index contributed by atoms with van der Waals surface area (Å²) in [5, 5.41) is 2.21. The fraction of sp³-hybridized carbons (Fsp3) is 0.304. The molecule has 0 radical (unpaired) electrons. The van der Waals surface area contributed by atoms with Crippen LogP contribution in [0, 0.1) is 13.8 Å². The van der Waals surface area contributed by atoms with Crippen LogP contribution in [0.25, 0.3) is 10.8 Å². The standard InChI is InChI=1S/C23H25NO3S/c1-15-11-21(16(2)28-15)22(25)9-10-23(26)24(3)14-17-5-6-19-13-20(27-4)8-7-18(19)12-17/h5-8,11-13H,9-10,14H2,1-4H3. The molecule has 0 atom stereocenters. The van der Waals surface area contributed by atoms with Crippen molar-refractivity contribution >= 4 is 33.8 Å². The SMILES string of the molecule is COc1ccc2cc(CN(C)C(=O)CCC(=O)c3cc(C)sc3C)ccc2c1. The number of ether oxygens (including phenoxy) is 1. The molecule has 0 saturated heterocycles. The second kappa shape index (κ2) is 8.57. The maximum atomic E-state index is 12.5. The molecular formula is C23H25NO3S. The lowest BCUT2D eigenvalue weighted by molar-refractivity contribution is -0.130. The Morgan fingerprint density at radius 3 is 2.39 bits per heavy atom. The van der Waals surface area contributed by atoms with Crippen LogP contribution in [0.15, 0.2) is 42.5 Å². The zero-order valence-electron chi connectivity index (χ0n) is 16.7. The van der Waals surface area contributed by atoms with E-state index >= 15 is 0 Å². The van der Waals surface area contributed by atoms with Crippen LogP contribution in [-0.2, 0) is 11.3 Å². The smallest absolute Gasteiger partial charge is 0.223 e. The van der Waals surface area contributed by atoms with Crippen LogP contribution in [0.3, 0.4) is 0 Å². The van der Waals surface area contributed by atoms with Crippen LogP contribution in [0.5, 0.6) is 5.75 Å². The van der Waals surface area contributed by atoms with Gasteiger partial charge in [0.25, 0.3) is 0 Å². The Kier molecular flexibility index (Phi) is 6.15. The first-order valence-corrected chi connectivity index (χ1v) is 10.1. The maximum Gasteiger partial charge on any atom is 0.223 e. The fourth-order valence-corrected chi connectivity index (χ4v) is 4.26. The molecule has 146 valence electrons. The number of nitrogens with zero attached hydrogens (tertiary/aromatic N) is 1. The first-order chi connectivity index (χ1) is 13.4. The molecule has 0 aliphatic heterocycles. The second-order valence-electron chi connectivity index (χ2n) is 7.05. The molecule has 0 aliphatic rings. The quantitative estimate of drug-likeness (QED) is 0.520. The van der Waals surface area contributed by atoms with Crippen molar-refractivity contribution in [2.45, 2.75) is 33.2 Å². The summed E-state index contributed by atoms with van der Waals surface area (Å²) in [5.41, 5.74) is 1.81. The van der Waals surface area contributed by atoms with E-state index in [1.807, 2.05) is 50.2 Å². The van der Waals surface area contributed by atoms with E-state index in [1.165, 1.54) is 0 Å². The van der Waals surface area contributed by atoms with Crippen LogP contribution in [-0.4, -0.2) is 30.7 Å². The third kappa shape index (κ3) is 4.60. The number of fused-ring (bicyclic) bond motifs is 1. The Morgan fingerprint density at radius 2 is 1.71 bits per heavy atom. The van der Waals surface area contributed by atoms with Crippen LogP contribution in [0.1, 0.15) is 38.5 Å². The van der Waals surface area contributed by atoms with Crippen molar-refractivity contribution in [2.24, 2.45) is 0 Å². The number of aryl methyl sites for hydroxylation is 2. The number of amides is 1. The van der Waals surface area contributed by atoms with Gasteiger partial charge in [0.2, 0.25) is 5.91 Å². The normalized spacial score (nSPS) is 10.9. The van der Waals surface area contributed by atoms with Crippen molar-refractivity contribution in [3.63, 3.8) is 0 Å². The van der Waals surface area contributed by atoms with Gasteiger partial charge in [-0.15, -0.1) is 11.3 Å². The van der Waals surface area contributed by atoms with E-state index in [0.717, 1.165) is 37.4 Å². The predicted molar refractivity (Wildman–Crippen MR) is 114 cm³/mol. The van der Waals surface area contributed by atoms with E-state index in [1.54, 1.807) is 30.4 Å². The van der Waals surface area contributed by atoms with Gasteiger partial charge in [0.05, 0.1) is 7.11 Å². The molecule has 1 amide bonds. The van der Waals surface area contributed by atoms with E-state index in [9.17, 15) is 9.59 Å². The number of carbonyl (C=O) groups is 2. The highest BCUT2D eigenvalue weighted by atomic mass is 32.1. The predicted octanol–water partition coefficient (Wildman–Crippen LogP) is 5.15. The van der Waals surface area contributed by atoms with Crippen LogP contribution in [0.4, 0.5) is 0 Å². The van der Waals surface area contributed by atoms with Crippen molar-refractivity contribution < 1.29 is 14.3 Å². The molecule has 1 aromatic heterocycles. The first kappa shape index (κ1) is 20.1. The summed E-state index contributed by atoms with van der Waals surface area (Å²) in [6.07, 6.45) is 0.478. The van der Waals surface area contributed by atoms with Crippen molar-refractivity contribution in [2.75, 3.05) is 14.2 Å². The number of benzene rings is 2. The average molecular weight is 396 g/mol. The van der Waals surface area contributed by atoms with Crippen LogP contribution >= 0.6 is 11.3 Å². The number of hydrogen-bond donors (Lipinski definition) is 0. The van der Waals surface area contributed by atoms with Crippen LogP contribution < -0.4 is 4.74 Å². The molecule has 0 aliphatic carbocycles. The molecule has 0 bridgehead atoms. The van der Waals surface area contributed by atoms with Crippen LogP contribution in [0.2, 0.25) is 0 Å². The zero-order chi connectivity index (χ0) is 20.3. The van der Waals surface area contributed by atoms with Gasteiger partial charge in [-0.05, 0) is 54.4 Å². The molecule has 28 heavy (non-hydrogen) atoms. The minimum absolute atomic E-state index is 0.0206. The Morgan fingerprint density at radius 1 is 1.00 bits per heavy atom. The minimum atomic E-state index is -0.0206.